The molecule has 5 heteroatoms. The number of hydrogen-bond donors (Lipinski definition) is 0. The molecule has 0 aliphatic carbocycles. The summed E-state index contributed by atoms with van der Waals surface area (Å²) >= 11 is 0. The second-order valence-corrected chi connectivity index (χ2v) is 2.64. The van der Waals surface area contributed by atoms with Gasteiger partial charge in [0.15, 0.2) is 0 Å². The summed E-state index contributed by atoms with van der Waals surface area (Å²) in [6.45, 7) is 4.00. The molecule has 2 saturated heterocycles. The molecule has 0 radical (unpaired) electrons. The van der Waals surface area contributed by atoms with E-state index in [1.165, 1.54) is 25.7 Å². The van der Waals surface area contributed by atoms with E-state index in [1.807, 2.05) is 0 Å². The van der Waals surface area contributed by atoms with E-state index in [1.54, 1.807) is 0 Å². The minimum absolute atomic E-state index is 0. The second-order valence-electron chi connectivity index (χ2n) is 2.64. The molecule has 2 fully saturated rings. The van der Waals surface area contributed by atoms with Crippen LogP contribution in [0.1, 0.15) is 25.7 Å². The molecule has 2 aliphatic heterocycles. The molecule has 0 spiro atoms. The van der Waals surface area contributed by atoms with Gasteiger partial charge < -0.3 is 43.4 Å². The minimum Gasteiger partial charge on any atom is -1.00 e. The van der Waals surface area contributed by atoms with Crippen LogP contribution < -0.4 is 34.0 Å². The SMILES string of the molecule is C1CCOC1.C1CCOC1.[Br-].[Br-].[Ti+2]. The smallest absolute Gasteiger partial charge is 1.00 e. The Morgan fingerprint density at radius 3 is 0.846 bits per heavy atom. The van der Waals surface area contributed by atoms with Gasteiger partial charge >= 0.3 is 21.7 Å². The molecule has 0 bridgehead atoms. The molecule has 0 atom stereocenters. The summed E-state index contributed by atoms with van der Waals surface area (Å²) in [7, 11) is 0. The van der Waals surface area contributed by atoms with E-state index in [0.29, 0.717) is 0 Å². The van der Waals surface area contributed by atoms with Crippen LogP contribution in [0.25, 0.3) is 0 Å². The molecule has 0 unspecified atom stereocenters. The zero-order chi connectivity index (χ0) is 7.07. The van der Waals surface area contributed by atoms with Gasteiger partial charge in [-0.05, 0) is 25.7 Å². The first-order valence-electron chi connectivity index (χ1n) is 4.15. The third-order valence-electron chi connectivity index (χ3n) is 1.65. The van der Waals surface area contributed by atoms with Gasteiger partial charge in [-0.2, -0.15) is 0 Å². The Kier molecular flexibility index (Phi) is 24.8. The van der Waals surface area contributed by atoms with Crippen molar-refractivity contribution in [2.45, 2.75) is 25.7 Å². The third-order valence-corrected chi connectivity index (χ3v) is 1.65. The van der Waals surface area contributed by atoms with Gasteiger partial charge in [0.25, 0.3) is 0 Å². The summed E-state index contributed by atoms with van der Waals surface area (Å²) in [5, 5.41) is 0. The van der Waals surface area contributed by atoms with Crippen LogP contribution in [-0.2, 0) is 31.2 Å². The predicted molar refractivity (Wildman–Crippen MR) is 40.1 cm³/mol. The van der Waals surface area contributed by atoms with Crippen LogP contribution in [-0.4, -0.2) is 26.4 Å². The number of rotatable bonds is 0. The van der Waals surface area contributed by atoms with Crippen molar-refractivity contribution in [3.05, 3.63) is 0 Å². The maximum absolute atomic E-state index is 4.94. The summed E-state index contributed by atoms with van der Waals surface area (Å²) in [5.41, 5.74) is 0. The summed E-state index contributed by atoms with van der Waals surface area (Å²) in [5.74, 6) is 0. The van der Waals surface area contributed by atoms with Crippen LogP contribution in [0.15, 0.2) is 0 Å². The van der Waals surface area contributed by atoms with E-state index in [0.717, 1.165) is 26.4 Å². The van der Waals surface area contributed by atoms with E-state index in [-0.39, 0.29) is 55.7 Å². The fraction of sp³-hybridized carbons (Fsp3) is 1.00. The summed E-state index contributed by atoms with van der Waals surface area (Å²) in [6.07, 6.45) is 5.11. The predicted octanol–water partition coefficient (Wildman–Crippen LogP) is -4.40. The Labute approximate surface area is 117 Å². The van der Waals surface area contributed by atoms with Crippen LogP contribution in [0.4, 0.5) is 0 Å². The first-order chi connectivity index (χ1) is 5.00. The van der Waals surface area contributed by atoms with Crippen molar-refractivity contribution in [2.75, 3.05) is 26.4 Å². The van der Waals surface area contributed by atoms with Crippen molar-refractivity contribution in [1.29, 1.82) is 0 Å². The molecule has 0 saturated carbocycles. The normalized spacial score (nSPS) is 18.5. The second kappa shape index (κ2) is 16.0. The number of halogens is 2. The van der Waals surface area contributed by atoms with Crippen LogP contribution in [0, 0.1) is 0 Å². The molecule has 2 nitrogen and oxygen atoms in total. The molecular formula is C8H16Br2O2Ti. The molecular weight excluding hydrogens is 336 g/mol. The Morgan fingerprint density at radius 1 is 0.538 bits per heavy atom. The Bertz CT molecular complexity index is 53.3. The molecule has 2 aliphatic rings. The number of hydrogen-bond acceptors (Lipinski definition) is 2. The van der Waals surface area contributed by atoms with Crippen molar-refractivity contribution in [3.63, 3.8) is 0 Å². The van der Waals surface area contributed by atoms with Gasteiger partial charge in [0, 0.05) is 26.4 Å². The Morgan fingerprint density at radius 2 is 0.769 bits per heavy atom. The van der Waals surface area contributed by atoms with E-state index in [9.17, 15) is 0 Å². The molecule has 0 amide bonds. The van der Waals surface area contributed by atoms with E-state index in [4.69, 9.17) is 9.47 Å². The maximum Gasteiger partial charge on any atom is 2.00 e. The van der Waals surface area contributed by atoms with Crippen molar-refractivity contribution in [1.82, 2.24) is 0 Å². The summed E-state index contributed by atoms with van der Waals surface area (Å²) in [6, 6.07) is 0. The summed E-state index contributed by atoms with van der Waals surface area (Å²) in [4.78, 5) is 0. The molecule has 78 valence electrons. The largest absolute Gasteiger partial charge is 2.00 e. The monoisotopic (exact) mass is 350 g/mol. The zero-order valence-electron chi connectivity index (χ0n) is 7.73. The van der Waals surface area contributed by atoms with Gasteiger partial charge in [0.2, 0.25) is 0 Å². The topological polar surface area (TPSA) is 18.5 Å². The van der Waals surface area contributed by atoms with Crippen LogP contribution in [0.3, 0.4) is 0 Å². The average Bonchev–Trinajstić information content (AvgIpc) is 2.67. The first-order valence-corrected chi connectivity index (χ1v) is 4.15. The molecule has 2 rings (SSSR count). The van der Waals surface area contributed by atoms with Crippen molar-refractivity contribution >= 4 is 0 Å². The van der Waals surface area contributed by atoms with E-state index >= 15 is 0 Å². The van der Waals surface area contributed by atoms with Crippen LogP contribution >= 0.6 is 0 Å². The van der Waals surface area contributed by atoms with Gasteiger partial charge in [-0.25, -0.2) is 0 Å². The van der Waals surface area contributed by atoms with Crippen molar-refractivity contribution in [3.8, 4) is 0 Å². The van der Waals surface area contributed by atoms with Gasteiger partial charge in [0.1, 0.15) is 0 Å². The van der Waals surface area contributed by atoms with Gasteiger partial charge in [0.05, 0.1) is 0 Å². The standard InChI is InChI=1S/2C4H8O.2BrH.Ti/c2*1-2-4-5-3-1;;;/h2*1-4H2;2*1H;/q;;;;+2/p-2. The van der Waals surface area contributed by atoms with Gasteiger partial charge in [-0.1, -0.05) is 0 Å². The first kappa shape index (κ1) is 20.1. The fourth-order valence-corrected chi connectivity index (χ4v) is 1.02. The summed E-state index contributed by atoms with van der Waals surface area (Å²) < 4.78 is 9.89. The van der Waals surface area contributed by atoms with Crippen LogP contribution in [0.2, 0.25) is 0 Å². The molecule has 0 aromatic carbocycles. The maximum atomic E-state index is 4.94. The van der Waals surface area contributed by atoms with Gasteiger partial charge in [-0.15, -0.1) is 0 Å². The molecule has 0 N–H and O–H groups in total. The molecule has 0 aromatic rings. The van der Waals surface area contributed by atoms with Crippen molar-refractivity contribution < 1.29 is 65.2 Å². The third kappa shape index (κ3) is 13.6. The average molecular weight is 352 g/mol. The fourth-order valence-electron chi connectivity index (χ4n) is 1.02. The Hall–Kier alpha value is 1.59. The molecule has 13 heavy (non-hydrogen) atoms. The Balaban J connectivity index is -0.000000125. The molecule has 2 heterocycles. The molecule has 0 aromatic heterocycles. The van der Waals surface area contributed by atoms with E-state index < -0.39 is 0 Å². The van der Waals surface area contributed by atoms with Gasteiger partial charge in [-0.3, -0.25) is 0 Å². The number of ether oxygens (including phenoxy) is 2. The quantitative estimate of drug-likeness (QED) is 0.410. The van der Waals surface area contributed by atoms with Crippen LogP contribution in [0.5, 0.6) is 0 Å². The zero-order valence-corrected chi connectivity index (χ0v) is 12.5. The van der Waals surface area contributed by atoms with Crippen molar-refractivity contribution in [2.24, 2.45) is 0 Å². The minimum atomic E-state index is 0. The van der Waals surface area contributed by atoms with E-state index in [2.05, 4.69) is 0 Å².